The molecule has 9 nitrogen and oxygen atoms in total. The number of furan rings is 1. The third-order valence-corrected chi connectivity index (χ3v) is 6.48. The van der Waals surface area contributed by atoms with Crippen molar-refractivity contribution in [3.05, 3.63) is 75.7 Å². The standard InChI is InChI=1S/C25H30N6O3/c1-3-23(24-27-28-29-31(24)16-21-7-5-11-34-21)30(15-20-6-4-10-33-20)14-19-13-18-9-8-17(2)12-22(18)26-25(19)32/h4,6,8-10,12-13,21,23H,3,5,7,11,14-16H2,1-2H3,(H,26,32)/t21-,23+/m1/s1. The third-order valence-electron chi connectivity index (χ3n) is 6.48. The van der Waals surface area contributed by atoms with Crippen LogP contribution in [-0.4, -0.2) is 42.8 Å². The molecule has 34 heavy (non-hydrogen) atoms. The summed E-state index contributed by atoms with van der Waals surface area (Å²) in [6.07, 6.45) is 4.65. The summed E-state index contributed by atoms with van der Waals surface area (Å²) in [5, 5.41) is 13.6. The maximum atomic E-state index is 13.0. The molecule has 5 rings (SSSR count). The first-order valence-corrected chi connectivity index (χ1v) is 11.9. The molecule has 1 aliphatic rings. The molecule has 0 saturated carbocycles. The zero-order chi connectivity index (χ0) is 23.5. The Morgan fingerprint density at radius 1 is 1.26 bits per heavy atom. The number of H-pyrrole nitrogens is 1. The van der Waals surface area contributed by atoms with Crippen LogP contribution in [-0.2, 0) is 24.4 Å². The molecule has 2 atom stereocenters. The van der Waals surface area contributed by atoms with Crippen LogP contribution in [0.5, 0.6) is 0 Å². The molecule has 3 aromatic heterocycles. The molecule has 1 fully saturated rings. The Hall–Kier alpha value is -3.30. The number of fused-ring (bicyclic) bond motifs is 1. The summed E-state index contributed by atoms with van der Waals surface area (Å²) in [6.45, 7) is 6.51. The predicted octanol–water partition coefficient (Wildman–Crippen LogP) is 3.75. The Kier molecular flexibility index (Phi) is 6.55. The lowest BCUT2D eigenvalue weighted by Crippen LogP contribution is -2.33. The molecule has 1 saturated heterocycles. The van der Waals surface area contributed by atoms with Gasteiger partial charge in [0.15, 0.2) is 5.82 Å². The van der Waals surface area contributed by atoms with E-state index >= 15 is 0 Å². The molecule has 9 heteroatoms. The zero-order valence-corrected chi connectivity index (χ0v) is 19.6. The lowest BCUT2D eigenvalue weighted by molar-refractivity contribution is 0.0882. The fourth-order valence-electron chi connectivity index (χ4n) is 4.74. The van der Waals surface area contributed by atoms with Crippen molar-refractivity contribution in [3.63, 3.8) is 0 Å². The highest BCUT2D eigenvalue weighted by Crippen LogP contribution is 2.27. The number of aromatic amines is 1. The highest BCUT2D eigenvalue weighted by molar-refractivity contribution is 5.79. The SMILES string of the molecule is CC[C@@H](c1nnnn1C[C@H]1CCCO1)N(Cc1ccco1)Cc1cc2ccc(C)cc2[nH]c1=O. The van der Waals surface area contributed by atoms with E-state index in [0.717, 1.165) is 53.9 Å². The number of hydrogen-bond acceptors (Lipinski definition) is 7. The summed E-state index contributed by atoms with van der Waals surface area (Å²) in [7, 11) is 0. The van der Waals surface area contributed by atoms with Gasteiger partial charge in [-0.25, -0.2) is 4.68 Å². The first kappa shape index (κ1) is 22.5. The number of rotatable bonds is 9. The monoisotopic (exact) mass is 462 g/mol. The molecule has 4 heterocycles. The first-order valence-electron chi connectivity index (χ1n) is 11.9. The number of pyridine rings is 1. The number of aryl methyl sites for hydroxylation is 1. The Bertz CT molecular complexity index is 1290. The maximum Gasteiger partial charge on any atom is 0.252 e. The topological polar surface area (TPSA) is 102 Å². The van der Waals surface area contributed by atoms with E-state index in [-0.39, 0.29) is 17.7 Å². The van der Waals surface area contributed by atoms with E-state index in [2.05, 4.69) is 38.4 Å². The fourth-order valence-corrected chi connectivity index (χ4v) is 4.74. The number of aromatic nitrogens is 5. The predicted molar refractivity (Wildman–Crippen MR) is 127 cm³/mol. The third kappa shape index (κ3) is 4.80. The molecule has 1 N–H and O–H groups in total. The van der Waals surface area contributed by atoms with Crippen LogP contribution in [0.25, 0.3) is 10.9 Å². The minimum absolute atomic E-state index is 0.0867. The molecule has 1 aromatic carbocycles. The van der Waals surface area contributed by atoms with E-state index in [0.29, 0.717) is 25.2 Å². The molecule has 4 aromatic rings. The van der Waals surface area contributed by atoms with Gasteiger partial charge in [0, 0.05) is 24.2 Å². The summed E-state index contributed by atoms with van der Waals surface area (Å²) in [6, 6.07) is 11.8. The van der Waals surface area contributed by atoms with Crippen molar-refractivity contribution >= 4 is 10.9 Å². The van der Waals surface area contributed by atoms with Crippen LogP contribution in [0.3, 0.4) is 0 Å². The van der Waals surface area contributed by atoms with Gasteiger partial charge >= 0.3 is 0 Å². The number of benzene rings is 1. The van der Waals surface area contributed by atoms with Crippen molar-refractivity contribution in [2.45, 2.75) is 64.9 Å². The largest absolute Gasteiger partial charge is 0.468 e. The van der Waals surface area contributed by atoms with Gasteiger partial charge in [0.05, 0.1) is 31.5 Å². The van der Waals surface area contributed by atoms with Gasteiger partial charge in [-0.05, 0) is 71.8 Å². The van der Waals surface area contributed by atoms with E-state index in [4.69, 9.17) is 9.15 Å². The second kappa shape index (κ2) is 9.90. The summed E-state index contributed by atoms with van der Waals surface area (Å²) in [5.74, 6) is 1.60. The van der Waals surface area contributed by atoms with Gasteiger partial charge in [-0.2, -0.15) is 0 Å². The van der Waals surface area contributed by atoms with Crippen LogP contribution in [0.1, 0.15) is 54.9 Å². The van der Waals surface area contributed by atoms with Crippen LogP contribution >= 0.6 is 0 Å². The maximum absolute atomic E-state index is 13.0. The van der Waals surface area contributed by atoms with Gasteiger partial charge < -0.3 is 14.1 Å². The molecule has 178 valence electrons. The Morgan fingerprint density at radius 2 is 2.18 bits per heavy atom. The average Bonchev–Trinajstić information content (AvgIpc) is 3.60. The van der Waals surface area contributed by atoms with Crippen molar-refractivity contribution in [2.75, 3.05) is 6.61 Å². The number of hydrogen-bond donors (Lipinski definition) is 1. The van der Waals surface area contributed by atoms with E-state index in [9.17, 15) is 4.79 Å². The second-order valence-corrected chi connectivity index (χ2v) is 8.98. The number of tetrazole rings is 1. The van der Waals surface area contributed by atoms with Crippen molar-refractivity contribution in [2.24, 2.45) is 0 Å². The Labute approximate surface area is 197 Å². The van der Waals surface area contributed by atoms with E-state index in [1.807, 2.05) is 41.9 Å². The Morgan fingerprint density at radius 3 is 2.94 bits per heavy atom. The molecule has 0 bridgehead atoms. The van der Waals surface area contributed by atoms with Gasteiger partial charge in [0.2, 0.25) is 0 Å². The van der Waals surface area contributed by atoms with Crippen LogP contribution < -0.4 is 5.56 Å². The lowest BCUT2D eigenvalue weighted by atomic mass is 10.1. The van der Waals surface area contributed by atoms with Gasteiger partial charge in [0.25, 0.3) is 5.56 Å². The van der Waals surface area contributed by atoms with Crippen LogP contribution in [0.2, 0.25) is 0 Å². The van der Waals surface area contributed by atoms with Gasteiger partial charge in [-0.1, -0.05) is 19.1 Å². The molecule has 0 radical (unpaired) electrons. The van der Waals surface area contributed by atoms with E-state index < -0.39 is 0 Å². The second-order valence-electron chi connectivity index (χ2n) is 8.98. The minimum atomic E-state index is -0.102. The normalized spacial score (nSPS) is 17.1. The molecule has 0 unspecified atom stereocenters. The van der Waals surface area contributed by atoms with Crippen molar-refractivity contribution in [1.82, 2.24) is 30.1 Å². The van der Waals surface area contributed by atoms with Crippen molar-refractivity contribution in [1.29, 1.82) is 0 Å². The van der Waals surface area contributed by atoms with Crippen LogP contribution in [0.15, 0.2) is 51.9 Å². The van der Waals surface area contributed by atoms with Gasteiger partial charge in [-0.15, -0.1) is 5.10 Å². The molecule has 0 aliphatic carbocycles. The minimum Gasteiger partial charge on any atom is -0.468 e. The summed E-state index contributed by atoms with van der Waals surface area (Å²) in [5.41, 5.74) is 2.56. The van der Waals surface area contributed by atoms with Crippen LogP contribution in [0.4, 0.5) is 0 Å². The quantitative estimate of drug-likeness (QED) is 0.404. The number of nitrogens with zero attached hydrogens (tertiary/aromatic N) is 5. The van der Waals surface area contributed by atoms with Gasteiger partial charge in [-0.3, -0.25) is 9.69 Å². The number of nitrogens with one attached hydrogen (secondary N) is 1. The summed E-state index contributed by atoms with van der Waals surface area (Å²) < 4.78 is 13.3. The van der Waals surface area contributed by atoms with E-state index in [1.54, 1.807) is 6.26 Å². The van der Waals surface area contributed by atoms with Crippen LogP contribution in [0, 0.1) is 6.92 Å². The zero-order valence-electron chi connectivity index (χ0n) is 19.6. The molecular weight excluding hydrogens is 432 g/mol. The average molecular weight is 463 g/mol. The fraction of sp³-hybridized carbons (Fsp3) is 0.440. The highest BCUT2D eigenvalue weighted by Gasteiger charge is 2.28. The van der Waals surface area contributed by atoms with Crippen molar-refractivity contribution in [3.8, 4) is 0 Å². The summed E-state index contributed by atoms with van der Waals surface area (Å²) in [4.78, 5) is 18.3. The van der Waals surface area contributed by atoms with Gasteiger partial charge in [0.1, 0.15) is 5.76 Å². The lowest BCUT2D eigenvalue weighted by Gasteiger charge is -2.29. The van der Waals surface area contributed by atoms with E-state index in [1.165, 1.54) is 0 Å². The molecule has 0 amide bonds. The number of ether oxygens (including phenoxy) is 1. The first-order chi connectivity index (χ1) is 16.6. The summed E-state index contributed by atoms with van der Waals surface area (Å²) >= 11 is 0. The van der Waals surface area contributed by atoms with Crippen molar-refractivity contribution < 1.29 is 9.15 Å². The molecular formula is C25H30N6O3. The molecule has 1 aliphatic heterocycles. The highest BCUT2D eigenvalue weighted by atomic mass is 16.5. The smallest absolute Gasteiger partial charge is 0.252 e. The Balaban J connectivity index is 1.48. The molecule has 0 spiro atoms.